The Morgan fingerprint density at radius 3 is 2.39 bits per heavy atom. The number of carbonyl (C=O) groups is 2. The highest BCUT2D eigenvalue weighted by molar-refractivity contribution is 9.10. The van der Waals surface area contributed by atoms with Crippen LogP contribution in [0.2, 0.25) is 0 Å². The first-order valence-corrected chi connectivity index (χ1v) is 12.7. The van der Waals surface area contributed by atoms with Crippen molar-refractivity contribution >= 4 is 33.7 Å². The van der Waals surface area contributed by atoms with E-state index in [0.717, 1.165) is 10.0 Å². The number of benzene rings is 2. The van der Waals surface area contributed by atoms with E-state index in [1.807, 2.05) is 39.8 Å². The van der Waals surface area contributed by atoms with Crippen LogP contribution in [-0.2, 0) is 13.0 Å². The fourth-order valence-electron chi connectivity index (χ4n) is 4.37. The van der Waals surface area contributed by atoms with Crippen LogP contribution in [0.4, 0.5) is 5.95 Å². The number of carbonyl (C=O) groups excluding carboxylic acids is 2. The maximum atomic E-state index is 13.8. The van der Waals surface area contributed by atoms with E-state index in [1.54, 1.807) is 46.8 Å². The SMILES string of the molecule is CNC(=O)c1ccc(-n2c(NC(C)C)nc3c(c2=O)C[C@@H](C)N(C(=O)c2ccc(Br)c(C)c2)C3)cc1. The van der Waals surface area contributed by atoms with E-state index in [0.29, 0.717) is 40.4 Å². The van der Waals surface area contributed by atoms with Gasteiger partial charge in [0.2, 0.25) is 5.95 Å². The number of hydrogen-bond acceptors (Lipinski definition) is 5. The molecule has 2 N–H and O–H groups in total. The van der Waals surface area contributed by atoms with Crippen LogP contribution in [0.25, 0.3) is 5.69 Å². The van der Waals surface area contributed by atoms with E-state index in [9.17, 15) is 14.4 Å². The van der Waals surface area contributed by atoms with Gasteiger partial charge in [-0.05, 0) is 82.1 Å². The maximum Gasteiger partial charge on any atom is 0.263 e. The van der Waals surface area contributed by atoms with Crippen molar-refractivity contribution in [2.75, 3.05) is 12.4 Å². The third-order valence-electron chi connectivity index (χ3n) is 6.31. The van der Waals surface area contributed by atoms with Crippen molar-refractivity contribution in [3.63, 3.8) is 0 Å². The Balaban J connectivity index is 1.75. The minimum absolute atomic E-state index is 0.0253. The Morgan fingerprint density at radius 2 is 1.78 bits per heavy atom. The van der Waals surface area contributed by atoms with Crippen molar-refractivity contribution in [2.24, 2.45) is 0 Å². The summed E-state index contributed by atoms with van der Waals surface area (Å²) in [7, 11) is 1.58. The number of halogens is 1. The number of amides is 2. The molecule has 2 amide bonds. The molecule has 2 aromatic carbocycles. The summed E-state index contributed by atoms with van der Waals surface area (Å²) in [4.78, 5) is 45.7. The minimum Gasteiger partial charge on any atom is -0.355 e. The Labute approximate surface area is 218 Å². The van der Waals surface area contributed by atoms with Gasteiger partial charge in [-0.15, -0.1) is 0 Å². The summed E-state index contributed by atoms with van der Waals surface area (Å²) in [5, 5.41) is 5.88. The van der Waals surface area contributed by atoms with Crippen LogP contribution < -0.4 is 16.2 Å². The summed E-state index contributed by atoms with van der Waals surface area (Å²) in [6.07, 6.45) is 0.403. The van der Waals surface area contributed by atoms with Crippen molar-refractivity contribution < 1.29 is 9.59 Å². The summed E-state index contributed by atoms with van der Waals surface area (Å²) in [6, 6.07) is 12.3. The lowest BCUT2D eigenvalue weighted by Gasteiger charge is -2.35. The normalized spacial score (nSPS) is 15.0. The molecular weight excluding hydrogens is 522 g/mol. The van der Waals surface area contributed by atoms with E-state index >= 15 is 0 Å². The first kappa shape index (κ1) is 25.6. The second-order valence-corrected chi connectivity index (χ2v) is 10.2. The zero-order valence-electron chi connectivity index (χ0n) is 21.1. The van der Waals surface area contributed by atoms with E-state index < -0.39 is 0 Å². The molecule has 1 aromatic heterocycles. The molecule has 36 heavy (non-hydrogen) atoms. The highest BCUT2D eigenvalue weighted by atomic mass is 79.9. The number of anilines is 1. The number of hydrogen-bond donors (Lipinski definition) is 2. The lowest BCUT2D eigenvalue weighted by atomic mass is 9.98. The van der Waals surface area contributed by atoms with Gasteiger partial charge in [0.25, 0.3) is 17.4 Å². The molecule has 0 saturated carbocycles. The predicted octanol–water partition coefficient (Wildman–Crippen LogP) is 4.07. The molecule has 1 aliphatic heterocycles. The van der Waals surface area contributed by atoms with Crippen molar-refractivity contribution in [1.29, 1.82) is 0 Å². The first-order chi connectivity index (χ1) is 17.1. The van der Waals surface area contributed by atoms with E-state index in [1.165, 1.54) is 0 Å². The number of aryl methyl sites for hydroxylation is 1. The summed E-state index contributed by atoms with van der Waals surface area (Å²) in [5.41, 5.74) is 3.74. The molecule has 0 aliphatic carbocycles. The highest BCUT2D eigenvalue weighted by Crippen LogP contribution is 2.26. The third-order valence-corrected chi connectivity index (χ3v) is 7.20. The fraction of sp³-hybridized carbons (Fsp3) is 0.333. The maximum absolute atomic E-state index is 13.8. The number of nitrogens with zero attached hydrogens (tertiary/aromatic N) is 3. The van der Waals surface area contributed by atoms with E-state index in [-0.39, 0.29) is 36.0 Å². The van der Waals surface area contributed by atoms with Crippen LogP contribution in [0, 0.1) is 6.92 Å². The van der Waals surface area contributed by atoms with Crippen LogP contribution in [0.3, 0.4) is 0 Å². The second kappa shape index (κ2) is 10.3. The van der Waals surface area contributed by atoms with Crippen molar-refractivity contribution in [1.82, 2.24) is 19.8 Å². The first-order valence-electron chi connectivity index (χ1n) is 11.9. The van der Waals surface area contributed by atoms with Gasteiger partial charge in [0, 0.05) is 40.3 Å². The van der Waals surface area contributed by atoms with Crippen LogP contribution in [0.1, 0.15) is 58.3 Å². The van der Waals surface area contributed by atoms with Crippen LogP contribution in [0.15, 0.2) is 51.7 Å². The molecule has 0 saturated heterocycles. The number of nitrogens with one attached hydrogen (secondary N) is 2. The molecule has 4 rings (SSSR count). The van der Waals surface area contributed by atoms with Crippen LogP contribution in [-0.4, -0.2) is 45.4 Å². The number of aromatic nitrogens is 2. The lowest BCUT2D eigenvalue weighted by molar-refractivity contribution is 0.0653. The Kier molecular flexibility index (Phi) is 7.31. The average molecular weight is 552 g/mol. The minimum atomic E-state index is -0.197. The largest absolute Gasteiger partial charge is 0.355 e. The molecule has 0 bridgehead atoms. The topological polar surface area (TPSA) is 96.3 Å². The Bertz CT molecular complexity index is 1380. The molecule has 0 fully saturated rings. The van der Waals surface area contributed by atoms with Gasteiger partial charge in [-0.3, -0.25) is 14.4 Å². The highest BCUT2D eigenvalue weighted by Gasteiger charge is 2.32. The second-order valence-electron chi connectivity index (χ2n) is 9.38. The molecular formula is C27H30BrN5O3. The molecule has 0 radical (unpaired) electrons. The fourth-order valence-corrected chi connectivity index (χ4v) is 4.62. The lowest BCUT2D eigenvalue weighted by Crippen LogP contribution is -2.46. The number of rotatable bonds is 5. The summed E-state index contributed by atoms with van der Waals surface area (Å²) in [5.74, 6) is 0.123. The number of fused-ring (bicyclic) bond motifs is 1. The van der Waals surface area contributed by atoms with E-state index in [2.05, 4.69) is 26.6 Å². The molecule has 9 heteroatoms. The van der Waals surface area contributed by atoms with Gasteiger partial charge in [-0.1, -0.05) is 15.9 Å². The van der Waals surface area contributed by atoms with Crippen molar-refractivity contribution in [3.8, 4) is 5.69 Å². The van der Waals surface area contributed by atoms with Gasteiger partial charge in [-0.25, -0.2) is 9.55 Å². The van der Waals surface area contributed by atoms with Gasteiger partial charge in [-0.2, -0.15) is 0 Å². The van der Waals surface area contributed by atoms with Gasteiger partial charge < -0.3 is 15.5 Å². The third kappa shape index (κ3) is 4.93. The monoisotopic (exact) mass is 551 g/mol. The smallest absolute Gasteiger partial charge is 0.263 e. The van der Waals surface area contributed by atoms with Gasteiger partial charge >= 0.3 is 0 Å². The molecule has 1 aliphatic rings. The molecule has 2 heterocycles. The van der Waals surface area contributed by atoms with Gasteiger partial charge in [0.1, 0.15) is 0 Å². The molecule has 1 atom stereocenters. The average Bonchev–Trinajstić information content (AvgIpc) is 2.85. The Hall–Kier alpha value is -3.46. The quantitative estimate of drug-likeness (QED) is 0.498. The van der Waals surface area contributed by atoms with E-state index in [4.69, 9.17) is 4.98 Å². The van der Waals surface area contributed by atoms with Crippen LogP contribution >= 0.6 is 15.9 Å². The summed E-state index contributed by atoms with van der Waals surface area (Å²) < 4.78 is 2.50. The van der Waals surface area contributed by atoms with Crippen molar-refractivity contribution in [2.45, 2.75) is 52.7 Å². The summed E-state index contributed by atoms with van der Waals surface area (Å²) in [6.45, 7) is 8.10. The van der Waals surface area contributed by atoms with Crippen LogP contribution in [0.5, 0.6) is 0 Å². The zero-order chi connectivity index (χ0) is 26.1. The van der Waals surface area contributed by atoms with Gasteiger partial charge in [0.05, 0.1) is 17.9 Å². The summed E-state index contributed by atoms with van der Waals surface area (Å²) >= 11 is 3.49. The Morgan fingerprint density at radius 1 is 1.11 bits per heavy atom. The molecule has 3 aromatic rings. The zero-order valence-corrected chi connectivity index (χ0v) is 22.6. The van der Waals surface area contributed by atoms with Crippen molar-refractivity contribution in [3.05, 3.63) is 85.2 Å². The molecule has 8 nitrogen and oxygen atoms in total. The predicted molar refractivity (Wildman–Crippen MR) is 144 cm³/mol. The molecule has 0 spiro atoms. The van der Waals surface area contributed by atoms with Gasteiger partial charge in [0.15, 0.2) is 0 Å². The molecule has 188 valence electrons. The standard InChI is InChI=1S/C27H30BrN5O3/c1-15(2)30-27-31-23-14-32(25(35)19-8-11-22(28)16(3)12-19)17(4)13-21(23)26(36)33(27)20-9-6-18(7-10-20)24(34)29-5/h6-12,15,17H,13-14H2,1-5H3,(H,29,34)(H,30,31)/t17-/m1/s1. The molecule has 0 unspecified atom stereocenters.